The van der Waals surface area contributed by atoms with Crippen LogP contribution in [-0.4, -0.2) is 43.4 Å². The summed E-state index contributed by atoms with van der Waals surface area (Å²) in [6.07, 6.45) is 5.37. The summed E-state index contributed by atoms with van der Waals surface area (Å²) in [5, 5.41) is 12.7. The largest absolute Gasteiger partial charge is 0.394 e. The Bertz CT molecular complexity index is 672. The van der Waals surface area contributed by atoms with Crippen LogP contribution >= 0.6 is 11.6 Å². The molecule has 2 aromatic heterocycles. The predicted octanol–water partition coefficient (Wildman–Crippen LogP) is 1.72. The van der Waals surface area contributed by atoms with Gasteiger partial charge in [0.2, 0.25) is 5.28 Å². The van der Waals surface area contributed by atoms with Crippen LogP contribution in [0.5, 0.6) is 0 Å². The second kappa shape index (κ2) is 5.08. The molecule has 4 rings (SSSR count). The molecule has 2 fully saturated rings. The van der Waals surface area contributed by atoms with Crippen LogP contribution in [0.4, 0.5) is 5.82 Å². The average molecular weight is 310 g/mol. The molecule has 2 atom stereocenters. The van der Waals surface area contributed by atoms with Gasteiger partial charge in [0, 0.05) is 6.04 Å². The molecule has 2 aliphatic rings. The van der Waals surface area contributed by atoms with Gasteiger partial charge in [0.25, 0.3) is 0 Å². The highest BCUT2D eigenvalue weighted by Crippen LogP contribution is 2.33. The van der Waals surface area contributed by atoms with Gasteiger partial charge >= 0.3 is 0 Å². The van der Waals surface area contributed by atoms with Crippen LogP contribution in [0.1, 0.15) is 31.9 Å². The lowest BCUT2D eigenvalue weighted by Crippen LogP contribution is -2.14. The molecule has 0 amide bonds. The Labute approximate surface area is 126 Å². The number of aromatic nitrogens is 4. The van der Waals surface area contributed by atoms with Gasteiger partial charge in [-0.2, -0.15) is 9.97 Å². The fraction of sp³-hybridized carbons (Fsp3) is 0.615. The van der Waals surface area contributed by atoms with Crippen molar-refractivity contribution in [3.63, 3.8) is 0 Å². The molecule has 0 bridgehead atoms. The molecule has 2 N–H and O–H groups in total. The molecule has 0 radical (unpaired) electrons. The second-order valence-corrected chi connectivity index (χ2v) is 5.89. The molecular weight excluding hydrogens is 294 g/mol. The molecule has 1 saturated carbocycles. The zero-order chi connectivity index (χ0) is 14.4. The van der Waals surface area contributed by atoms with E-state index in [1.54, 1.807) is 6.33 Å². The van der Waals surface area contributed by atoms with Crippen molar-refractivity contribution in [3.05, 3.63) is 11.6 Å². The first-order chi connectivity index (χ1) is 10.2. The molecule has 0 unspecified atom stereocenters. The third-order valence-corrected chi connectivity index (χ3v) is 4.08. The summed E-state index contributed by atoms with van der Waals surface area (Å²) in [6, 6.07) is 0.464. The van der Waals surface area contributed by atoms with Gasteiger partial charge in [-0.1, -0.05) is 0 Å². The van der Waals surface area contributed by atoms with Crippen molar-refractivity contribution >= 4 is 28.6 Å². The Kier molecular flexibility index (Phi) is 3.20. The minimum Gasteiger partial charge on any atom is -0.394 e. The standard InChI is InChI=1S/C13H16ClN5O2/c14-13-17-11(16-7-1-2-7)10-12(18-13)19(6-15-10)9-4-3-8(5-20)21-9/h6-9,20H,1-5H2,(H,16,17,18)/t8-,9+/m0/s1. The number of hydrogen-bond acceptors (Lipinski definition) is 6. The van der Waals surface area contributed by atoms with E-state index in [1.165, 1.54) is 0 Å². The Morgan fingerprint density at radius 2 is 2.19 bits per heavy atom. The summed E-state index contributed by atoms with van der Waals surface area (Å²) in [5.74, 6) is 0.683. The number of fused-ring (bicyclic) bond motifs is 1. The first-order valence-corrected chi connectivity index (χ1v) is 7.55. The zero-order valence-electron chi connectivity index (χ0n) is 11.4. The smallest absolute Gasteiger partial charge is 0.226 e. The lowest BCUT2D eigenvalue weighted by Gasteiger charge is -2.14. The number of aliphatic hydroxyl groups is 1. The van der Waals surface area contributed by atoms with Crippen molar-refractivity contribution < 1.29 is 9.84 Å². The minimum atomic E-state index is -0.160. The van der Waals surface area contributed by atoms with E-state index in [2.05, 4.69) is 20.3 Å². The Morgan fingerprint density at radius 1 is 1.33 bits per heavy atom. The first kappa shape index (κ1) is 13.2. The van der Waals surface area contributed by atoms with Crippen LogP contribution < -0.4 is 5.32 Å². The van der Waals surface area contributed by atoms with Crippen molar-refractivity contribution in [2.75, 3.05) is 11.9 Å². The van der Waals surface area contributed by atoms with Crippen LogP contribution in [0.15, 0.2) is 6.33 Å². The van der Waals surface area contributed by atoms with Gasteiger partial charge in [-0.15, -0.1) is 0 Å². The van der Waals surface area contributed by atoms with Crippen molar-refractivity contribution in [2.45, 2.75) is 44.1 Å². The molecule has 1 aliphatic heterocycles. The highest BCUT2D eigenvalue weighted by molar-refractivity contribution is 6.28. The molecule has 0 aromatic carbocycles. The van der Waals surface area contributed by atoms with Gasteiger partial charge in [-0.25, -0.2) is 4.98 Å². The number of nitrogens with zero attached hydrogens (tertiary/aromatic N) is 4. The summed E-state index contributed by atoms with van der Waals surface area (Å²) in [7, 11) is 0. The third kappa shape index (κ3) is 2.45. The van der Waals surface area contributed by atoms with Gasteiger partial charge in [0.15, 0.2) is 17.0 Å². The number of halogens is 1. The van der Waals surface area contributed by atoms with Crippen molar-refractivity contribution in [1.29, 1.82) is 0 Å². The van der Waals surface area contributed by atoms with E-state index in [0.717, 1.165) is 25.7 Å². The molecule has 7 nitrogen and oxygen atoms in total. The highest BCUT2D eigenvalue weighted by atomic mass is 35.5. The maximum absolute atomic E-state index is 9.18. The van der Waals surface area contributed by atoms with Crippen molar-refractivity contribution in [2.24, 2.45) is 0 Å². The van der Waals surface area contributed by atoms with Crippen LogP contribution in [0.3, 0.4) is 0 Å². The maximum atomic E-state index is 9.18. The topological polar surface area (TPSA) is 85.1 Å². The van der Waals surface area contributed by atoms with Crippen LogP contribution in [0, 0.1) is 0 Å². The average Bonchev–Trinajstić information content (AvgIpc) is 3.01. The summed E-state index contributed by atoms with van der Waals surface area (Å²) in [4.78, 5) is 12.9. The van der Waals surface area contributed by atoms with Gasteiger partial charge in [0.1, 0.15) is 6.23 Å². The molecule has 8 heteroatoms. The molecule has 21 heavy (non-hydrogen) atoms. The lowest BCUT2D eigenvalue weighted by molar-refractivity contribution is -0.0207. The number of aliphatic hydroxyl groups excluding tert-OH is 1. The van der Waals surface area contributed by atoms with E-state index >= 15 is 0 Å². The van der Waals surface area contributed by atoms with Gasteiger partial charge in [-0.05, 0) is 37.3 Å². The number of hydrogen-bond donors (Lipinski definition) is 2. The zero-order valence-corrected chi connectivity index (χ0v) is 12.1. The molecule has 112 valence electrons. The monoisotopic (exact) mass is 309 g/mol. The van der Waals surface area contributed by atoms with E-state index in [0.29, 0.717) is 23.0 Å². The maximum Gasteiger partial charge on any atom is 0.226 e. The molecule has 1 saturated heterocycles. The number of anilines is 1. The normalized spacial score (nSPS) is 25.6. The SMILES string of the molecule is OC[C@@H]1CC[C@H](n2cnc3c(NC4CC4)nc(Cl)nc32)O1. The van der Waals surface area contributed by atoms with Gasteiger partial charge < -0.3 is 15.2 Å². The first-order valence-electron chi connectivity index (χ1n) is 7.17. The van der Waals surface area contributed by atoms with Gasteiger partial charge in [0.05, 0.1) is 19.0 Å². The summed E-state index contributed by atoms with van der Waals surface area (Å²) >= 11 is 6.04. The molecule has 0 spiro atoms. The number of imidazole rings is 1. The summed E-state index contributed by atoms with van der Waals surface area (Å²) in [5.41, 5.74) is 1.38. The van der Waals surface area contributed by atoms with Crippen LogP contribution in [0.2, 0.25) is 5.28 Å². The third-order valence-electron chi connectivity index (χ3n) is 3.91. The lowest BCUT2D eigenvalue weighted by atomic mass is 10.2. The van der Waals surface area contributed by atoms with E-state index in [4.69, 9.17) is 16.3 Å². The molecule has 3 heterocycles. The Morgan fingerprint density at radius 3 is 2.90 bits per heavy atom. The Balaban J connectivity index is 1.71. The van der Waals surface area contributed by atoms with Crippen molar-refractivity contribution in [1.82, 2.24) is 19.5 Å². The summed E-state index contributed by atoms with van der Waals surface area (Å²) < 4.78 is 7.66. The van der Waals surface area contributed by atoms with Crippen LogP contribution in [-0.2, 0) is 4.74 Å². The van der Waals surface area contributed by atoms with E-state index in [1.807, 2.05) is 4.57 Å². The van der Waals surface area contributed by atoms with E-state index in [-0.39, 0.29) is 24.2 Å². The highest BCUT2D eigenvalue weighted by Gasteiger charge is 2.29. The molecule has 2 aromatic rings. The van der Waals surface area contributed by atoms with E-state index in [9.17, 15) is 5.11 Å². The predicted molar refractivity (Wildman–Crippen MR) is 77.2 cm³/mol. The summed E-state index contributed by atoms with van der Waals surface area (Å²) in [6.45, 7) is 0.0351. The fourth-order valence-electron chi connectivity index (χ4n) is 2.65. The van der Waals surface area contributed by atoms with Gasteiger partial charge in [-0.3, -0.25) is 4.57 Å². The number of rotatable bonds is 4. The number of nitrogens with one attached hydrogen (secondary N) is 1. The van der Waals surface area contributed by atoms with Crippen LogP contribution in [0.25, 0.3) is 11.2 Å². The minimum absolute atomic E-state index is 0.0351. The quantitative estimate of drug-likeness (QED) is 0.837. The molecule has 1 aliphatic carbocycles. The number of ether oxygens (including phenoxy) is 1. The Hall–Kier alpha value is -1.44. The molecular formula is C13H16ClN5O2. The van der Waals surface area contributed by atoms with E-state index < -0.39 is 0 Å². The fourth-order valence-corrected chi connectivity index (χ4v) is 2.81. The van der Waals surface area contributed by atoms with Crippen molar-refractivity contribution in [3.8, 4) is 0 Å². The second-order valence-electron chi connectivity index (χ2n) is 5.56.